The van der Waals surface area contributed by atoms with Crippen LogP contribution in [-0.2, 0) is 50.4 Å². The fourth-order valence-electron chi connectivity index (χ4n) is 5.02. The van der Waals surface area contributed by atoms with Gasteiger partial charge in [-0.1, -0.05) is 176 Å². The van der Waals surface area contributed by atoms with Crippen molar-refractivity contribution < 1.29 is 55.2 Å². The van der Waals surface area contributed by atoms with Crippen molar-refractivity contribution in [2.75, 3.05) is 0 Å². The van der Waals surface area contributed by atoms with E-state index in [0.717, 1.165) is 38.6 Å². The minimum atomic E-state index is -0.139. The van der Waals surface area contributed by atoms with Crippen molar-refractivity contribution in [1.29, 1.82) is 0 Å². The van der Waals surface area contributed by atoms with E-state index in [2.05, 4.69) is 0 Å². The monoisotopic (exact) mass is 860 g/mol. The molecule has 0 heterocycles. The Balaban J connectivity index is 0.000000312. The first kappa shape index (κ1) is 41.0. The minimum absolute atomic E-state index is 0. The molecular formula is C47H36O3Pd2. The van der Waals surface area contributed by atoms with Crippen LogP contribution in [-0.4, -0.2) is 17.3 Å². The normalized spacial score (nSPS) is 11.0. The van der Waals surface area contributed by atoms with E-state index in [4.69, 9.17) is 0 Å². The smallest absolute Gasteiger partial charge is 0.186 e. The van der Waals surface area contributed by atoms with E-state index in [1.807, 2.05) is 170 Å². The summed E-state index contributed by atoms with van der Waals surface area (Å²) in [7, 11) is 0. The predicted octanol–water partition coefficient (Wildman–Crippen LogP) is 11.0. The maximum atomic E-state index is 13.0. The van der Waals surface area contributed by atoms with E-state index in [1.54, 1.807) is 36.5 Å². The van der Waals surface area contributed by atoms with Gasteiger partial charge in [-0.25, -0.2) is 0 Å². The van der Waals surface area contributed by atoms with E-state index in [-0.39, 0.29) is 58.2 Å². The number of allylic oxidation sites excluding steroid dienone is 5. The maximum Gasteiger partial charge on any atom is 0.186 e. The van der Waals surface area contributed by atoms with E-state index in [0.29, 0.717) is 5.56 Å². The molecule has 0 aliphatic heterocycles. The zero-order valence-electron chi connectivity index (χ0n) is 28.1. The summed E-state index contributed by atoms with van der Waals surface area (Å²) < 4.78 is 0. The van der Waals surface area contributed by atoms with Gasteiger partial charge in [0.25, 0.3) is 0 Å². The average Bonchev–Trinajstić information content (AvgIpc) is 3.18. The van der Waals surface area contributed by atoms with Gasteiger partial charge in [0.05, 0.1) is 0 Å². The molecule has 0 aliphatic rings. The molecular weight excluding hydrogens is 825 g/mol. The summed E-state index contributed by atoms with van der Waals surface area (Å²) in [5.41, 5.74) is 5.28. The molecule has 0 fully saturated rings. The molecule has 0 saturated carbocycles. The van der Waals surface area contributed by atoms with Gasteiger partial charge < -0.3 is 0 Å². The Morgan fingerprint density at radius 1 is 0.346 bits per heavy atom. The maximum absolute atomic E-state index is 13.0. The van der Waals surface area contributed by atoms with Gasteiger partial charge in [-0.05, 0) is 81.1 Å². The number of benzene rings is 6. The SMILES string of the molecule is O=C(/C=C/c1ccccc1)/C=C/c1c(C(=O)/C=C/c2ccccc2)ccc2ccccc12.O=C(/C=C/c1ccccc1)/C=C/c1ccccc1.[Pd].[Pd]. The van der Waals surface area contributed by atoms with Crippen molar-refractivity contribution in [1.82, 2.24) is 0 Å². The summed E-state index contributed by atoms with van der Waals surface area (Å²) in [6, 6.07) is 50.5. The van der Waals surface area contributed by atoms with Crippen molar-refractivity contribution in [3.05, 3.63) is 221 Å². The molecule has 0 radical (unpaired) electrons. The average molecular weight is 862 g/mol. The number of fused-ring (bicyclic) bond motifs is 1. The van der Waals surface area contributed by atoms with Crippen molar-refractivity contribution in [2.45, 2.75) is 0 Å². The van der Waals surface area contributed by atoms with Crippen LogP contribution in [0.1, 0.15) is 38.2 Å². The third-order valence-corrected chi connectivity index (χ3v) is 7.60. The van der Waals surface area contributed by atoms with E-state index >= 15 is 0 Å². The third-order valence-electron chi connectivity index (χ3n) is 7.60. The van der Waals surface area contributed by atoms with E-state index in [1.165, 1.54) is 12.2 Å². The van der Waals surface area contributed by atoms with Gasteiger partial charge in [-0.15, -0.1) is 0 Å². The van der Waals surface area contributed by atoms with Crippen LogP contribution < -0.4 is 0 Å². The van der Waals surface area contributed by atoms with Crippen LogP contribution in [0.25, 0.3) is 41.2 Å². The molecule has 0 amide bonds. The Labute approximate surface area is 333 Å². The van der Waals surface area contributed by atoms with Gasteiger partial charge in [0.15, 0.2) is 17.3 Å². The molecule has 6 aromatic rings. The Hall–Kier alpha value is -5.39. The van der Waals surface area contributed by atoms with Crippen LogP contribution in [0.15, 0.2) is 188 Å². The topological polar surface area (TPSA) is 51.2 Å². The molecule has 0 N–H and O–H groups in total. The second kappa shape index (κ2) is 22.4. The molecule has 262 valence electrons. The van der Waals surface area contributed by atoms with Gasteiger partial charge in [0.1, 0.15) is 0 Å². The summed E-state index contributed by atoms with van der Waals surface area (Å²) in [6.45, 7) is 0. The molecule has 6 aromatic carbocycles. The second-order valence-corrected chi connectivity index (χ2v) is 11.2. The molecule has 0 unspecified atom stereocenters. The summed E-state index contributed by atoms with van der Waals surface area (Å²) in [4.78, 5) is 37.1. The number of rotatable bonds is 11. The molecule has 0 aliphatic carbocycles. The first-order valence-corrected chi connectivity index (χ1v) is 16.3. The summed E-state index contributed by atoms with van der Waals surface area (Å²) in [5, 5.41) is 1.95. The quantitative estimate of drug-likeness (QED) is 0.0741. The van der Waals surface area contributed by atoms with Crippen molar-refractivity contribution in [3.8, 4) is 0 Å². The van der Waals surface area contributed by atoms with E-state index in [9.17, 15) is 14.4 Å². The first-order chi connectivity index (χ1) is 24.5. The largest absolute Gasteiger partial charge is 0.290 e. The molecule has 3 nitrogen and oxygen atoms in total. The van der Waals surface area contributed by atoms with Gasteiger partial charge in [0, 0.05) is 46.4 Å². The number of hydrogen-bond acceptors (Lipinski definition) is 3. The number of carbonyl (C=O) groups excluding carboxylic acids is 3. The Kier molecular flexibility index (Phi) is 17.7. The molecule has 0 bridgehead atoms. The number of hydrogen-bond donors (Lipinski definition) is 0. The third kappa shape index (κ3) is 13.4. The Morgan fingerprint density at radius 2 is 0.692 bits per heavy atom. The minimum Gasteiger partial charge on any atom is -0.290 e. The number of ketones is 3. The van der Waals surface area contributed by atoms with Crippen LogP contribution in [0, 0.1) is 0 Å². The molecule has 0 spiro atoms. The summed E-state index contributed by atoms with van der Waals surface area (Å²) in [6.07, 6.45) is 16.7. The van der Waals surface area contributed by atoms with Crippen LogP contribution in [0.5, 0.6) is 0 Å². The zero-order valence-corrected chi connectivity index (χ0v) is 31.3. The van der Waals surface area contributed by atoms with Crippen LogP contribution in [0.4, 0.5) is 0 Å². The molecule has 6 rings (SSSR count). The zero-order chi connectivity index (χ0) is 34.8. The van der Waals surface area contributed by atoms with Gasteiger partial charge in [0.2, 0.25) is 0 Å². The fourth-order valence-corrected chi connectivity index (χ4v) is 5.02. The van der Waals surface area contributed by atoms with E-state index < -0.39 is 0 Å². The second-order valence-electron chi connectivity index (χ2n) is 11.2. The standard InChI is InChI=1S/C30H22O2.C17H14O.2Pd/c31-26(18-15-23-9-3-1-4-10-23)19-21-28-27-14-8-7-13-25(27)17-20-29(28)30(32)22-16-24-11-5-2-6-12-24;18-17(13-11-15-7-3-1-4-8-15)14-12-16-9-5-2-6-10-16;;/h1-22H;1-14H;;/b18-15+,21-19+,22-16+;13-11+,14-12+;;. The van der Waals surface area contributed by atoms with Gasteiger partial charge in [-0.3, -0.25) is 14.4 Å². The van der Waals surface area contributed by atoms with Crippen LogP contribution in [0.2, 0.25) is 0 Å². The van der Waals surface area contributed by atoms with Gasteiger partial charge >= 0.3 is 0 Å². The Morgan fingerprint density at radius 3 is 1.12 bits per heavy atom. The van der Waals surface area contributed by atoms with Crippen LogP contribution >= 0.6 is 0 Å². The van der Waals surface area contributed by atoms with Gasteiger partial charge in [-0.2, -0.15) is 0 Å². The Bertz CT molecular complexity index is 2130. The van der Waals surface area contributed by atoms with Crippen molar-refractivity contribution >= 4 is 58.5 Å². The number of carbonyl (C=O) groups is 3. The molecule has 0 saturated heterocycles. The van der Waals surface area contributed by atoms with Crippen molar-refractivity contribution in [2.24, 2.45) is 0 Å². The summed E-state index contributed by atoms with van der Waals surface area (Å²) in [5.74, 6) is -0.255. The first-order valence-electron chi connectivity index (χ1n) is 16.3. The fraction of sp³-hybridized carbons (Fsp3) is 0. The molecule has 52 heavy (non-hydrogen) atoms. The molecule has 0 atom stereocenters. The molecule has 0 aromatic heterocycles. The molecule has 5 heteroatoms. The summed E-state index contributed by atoms with van der Waals surface area (Å²) >= 11 is 0. The van der Waals surface area contributed by atoms with Crippen molar-refractivity contribution in [3.63, 3.8) is 0 Å². The predicted molar refractivity (Wildman–Crippen MR) is 209 cm³/mol. The van der Waals surface area contributed by atoms with Crippen LogP contribution in [0.3, 0.4) is 0 Å².